The first-order valence-electron chi connectivity index (χ1n) is 8.07. The predicted octanol–water partition coefficient (Wildman–Crippen LogP) is 2.92. The van der Waals surface area contributed by atoms with Gasteiger partial charge in [-0.25, -0.2) is 9.59 Å². The topological polar surface area (TPSA) is 98.8 Å². The molecule has 0 saturated carbocycles. The molecule has 4 aromatic rings. The van der Waals surface area contributed by atoms with E-state index >= 15 is 0 Å². The molecule has 0 fully saturated rings. The van der Waals surface area contributed by atoms with Crippen molar-refractivity contribution in [1.82, 2.24) is 0 Å². The molecule has 2 aromatic heterocycles. The molecule has 0 radical (unpaired) electrons. The fourth-order valence-electron chi connectivity index (χ4n) is 2.63. The first-order valence-corrected chi connectivity index (χ1v) is 8.07. The minimum Gasteiger partial charge on any atom is -0.484 e. The first kappa shape index (κ1) is 16.6. The summed E-state index contributed by atoms with van der Waals surface area (Å²) >= 11 is 0. The number of nitrogens with one attached hydrogen (secondary N) is 1. The molecule has 0 aliphatic rings. The summed E-state index contributed by atoms with van der Waals surface area (Å²) in [7, 11) is 0. The summed E-state index contributed by atoms with van der Waals surface area (Å²) in [5.74, 6) is 0.0497. The summed E-state index contributed by atoms with van der Waals surface area (Å²) in [6.45, 7) is -0.218. The summed E-state index contributed by atoms with van der Waals surface area (Å²) in [6, 6.07) is 15.8. The van der Waals surface area contributed by atoms with Crippen LogP contribution in [0.3, 0.4) is 0 Å². The minimum atomic E-state index is -0.454. The maximum absolute atomic E-state index is 12.1. The van der Waals surface area contributed by atoms with Crippen molar-refractivity contribution in [2.45, 2.75) is 0 Å². The number of carbonyl (C=O) groups excluding carboxylic acids is 1. The third kappa shape index (κ3) is 3.72. The Bertz CT molecular complexity index is 1270. The fraction of sp³-hybridized carbons (Fsp3) is 0.0500. The SMILES string of the molecule is O=C(COc1ccc2ccc(=O)oc2c1)Nc1ccc2oc(=O)ccc2c1. The molecule has 2 aromatic carbocycles. The summed E-state index contributed by atoms with van der Waals surface area (Å²) in [5, 5.41) is 4.16. The van der Waals surface area contributed by atoms with E-state index in [0.717, 1.165) is 5.39 Å². The van der Waals surface area contributed by atoms with Gasteiger partial charge in [0.2, 0.25) is 0 Å². The van der Waals surface area contributed by atoms with E-state index in [1.807, 2.05) is 0 Å². The van der Waals surface area contributed by atoms with E-state index in [1.54, 1.807) is 48.5 Å². The molecular formula is C20H13NO6. The smallest absolute Gasteiger partial charge is 0.336 e. The molecule has 0 bridgehead atoms. The molecule has 1 amide bonds. The lowest BCUT2D eigenvalue weighted by Gasteiger charge is -2.08. The van der Waals surface area contributed by atoms with Crippen LogP contribution in [-0.4, -0.2) is 12.5 Å². The van der Waals surface area contributed by atoms with Crippen LogP contribution in [0, 0.1) is 0 Å². The molecule has 0 spiro atoms. The highest BCUT2D eigenvalue weighted by Crippen LogP contribution is 2.20. The van der Waals surface area contributed by atoms with E-state index in [4.69, 9.17) is 13.6 Å². The molecule has 1 N–H and O–H groups in total. The average molecular weight is 363 g/mol. The maximum atomic E-state index is 12.1. The first-order chi connectivity index (χ1) is 13.1. The number of benzene rings is 2. The molecule has 4 rings (SSSR count). The Morgan fingerprint density at radius 3 is 2.33 bits per heavy atom. The summed E-state index contributed by atoms with van der Waals surface area (Å²) in [4.78, 5) is 34.6. The second kappa shape index (κ2) is 6.80. The van der Waals surface area contributed by atoms with Crippen LogP contribution in [0.15, 0.2) is 79.1 Å². The quantitative estimate of drug-likeness (QED) is 0.560. The standard InChI is InChI=1S/C20H13NO6/c22-18(21-14-4-6-16-13(9-14)3-8-19(23)26-16)11-25-15-5-1-12-2-7-20(24)27-17(12)10-15/h1-10H,11H2,(H,21,22). The Labute approximate surface area is 151 Å². The zero-order valence-corrected chi connectivity index (χ0v) is 13.9. The van der Waals surface area contributed by atoms with Gasteiger partial charge in [-0.1, -0.05) is 0 Å². The van der Waals surface area contributed by atoms with Gasteiger partial charge >= 0.3 is 11.3 Å². The molecule has 0 saturated heterocycles. The summed E-state index contributed by atoms with van der Waals surface area (Å²) in [6.07, 6.45) is 0. The number of hydrogen-bond donors (Lipinski definition) is 1. The zero-order chi connectivity index (χ0) is 18.8. The van der Waals surface area contributed by atoms with Gasteiger partial charge in [-0.3, -0.25) is 4.79 Å². The summed E-state index contributed by atoms with van der Waals surface area (Å²) < 4.78 is 15.6. The van der Waals surface area contributed by atoms with Gasteiger partial charge in [0.25, 0.3) is 5.91 Å². The number of amides is 1. The largest absolute Gasteiger partial charge is 0.484 e. The van der Waals surface area contributed by atoms with Gasteiger partial charge < -0.3 is 18.9 Å². The Balaban J connectivity index is 1.44. The van der Waals surface area contributed by atoms with Gasteiger partial charge in [0, 0.05) is 34.7 Å². The van der Waals surface area contributed by atoms with E-state index in [0.29, 0.717) is 28.0 Å². The van der Waals surface area contributed by atoms with Crippen molar-refractivity contribution in [3.8, 4) is 5.75 Å². The van der Waals surface area contributed by atoms with Gasteiger partial charge in [-0.05, 0) is 42.5 Å². The van der Waals surface area contributed by atoms with Gasteiger partial charge in [0.1, 0.15) is 16.9 Å². The summed E-state index contributed by atoms with van der Waals surface area (Å²) in [5.41, 5.74) is 0.490. The van der Waals surface area contributed by atoms with Crippen LogP contribution in [-0.2, 0) is 4.79 Å². The second-order valence-corrected chi connectivity index (χ2v) is 5.80. The van der Waals surface area contributed by atoms with Crippen molar-refractivity contribution < 1.29 is 18.4 Å². The lowest BCUT2D eigenvalue weighted by molar-refractivity contribution is -0.118. The molecule has 7 nitrogen and oxygen atoms in total. The third-order valence-corrected chi connectivity index (χ3v) is 3.87. The number of ether oxygens (including phenoxy) is 1. The second-order valence-electron chi connectivity index (χ2n) is 5.80. The van der Waals surface area contributed by atoms with Crippen LogP contribution >= 0.6 is 0 Å². The van der Waals surface area contributed by atoms with Crippen molar-refractivity contribution in [3.63, 3.8) is 0 Å². The molecule has 134 valence electrons. The van der Waals surface area contributed by atoms with E-state index in [9.17, 15) is 14.4 Å². The van der Waals surface area contributed by atoms with Crippen LogP contribution in [0.25, 0.3) is 21.9 Å². The van der Waals surface area contributed by atoms with Gasteiger partial charge in [-0.2, -0.15) is 0 Å². The highest BCUT2D eigenvalue weighted by Gasteiger charge is 2.07. The molecule has 27 heavy (non-hydrogen) atoms. The number of fused-ring (bicyclic) bond motifs is 2. The number of carbonyl (C=O) groups is 1. The maximum Gasteiger partial charge on any atom is 0.336 e. The van der Waals surface area contributed by atoms with Gasteiger partial charge in [0.15, 0.2) is 6.61 Å². The molecule has 7 heteroatoms. The van der Waals surface area contributed by atoms with E-state index in [1.165, 1.54) is 12.1 Å². The van der Waals surface area contributed by atoms with Crippen molar-refractivity contribution in [3.05, 3.63) is 81.5 Å². The molecule has 0 aliphatic heterocycles. The van der Waals surface area contributed by atoms with Crippen molar-refractivity contribution in [2.75, 3.05) is 11.9 Å². The van der Waals surface area contributed by atoms with Gasteiger partial charge in [0.05, 0.1) is 0 Å². The van der Waals surface area contributed by atoms with Crippen LogP contribution < -0.4 is 21.3 Å². The van der Waals surface area contributed by atoms with Crippen LogP contribution in [0.1, 0.15) is 0 Å². The molecule has 0 aliphatic carbocycles. The normalized spacial score (nSPS) is 10.8. The Morgan fingerprint density at radius 1 is 0.815 bits per heavy atom. The highest BCUT2D eigenvalue weighted by atomic mass is 16.5. The average Bonchev–Trinajstić information content (AvgIpc) is 2.66. The molecular weight excluding hydrogens is 350 g/mol. The predicted molar refractivity (Wildman–Crippen MR) is 99.1 cm³/mol. The van der Waals surface area contributed by atoms with E-state index in [2.05, 4.69) is 5.32 Å². The third-order valence-electron chi connectivity index (χ3n) is 3.87. The molecule has 2 heterocycles. The molecule has 0 atom stereocenters. The molecule has 0 unspecified atom stereocenters. The van der Waals surface area contributed by atoms with Crippen LogP contribution in [0.4, 0.5) is 5.69 Å². The fourth-order valence-corrected chi connectivity index (χ4v) is 2.63. The van der Waals surface area contributed by atoms with Crippen LogP contribution in [0.5, 0.6) is 5.75 Å². The lowest BCUT2D eigenvalue weighted by atomic mass is 10.2. The monoisotopic (exact) mass is 363 g/mol. The van der Waals surface area contributed by atoms with Gasteiger partial charge in [-0.15, -0.1) is 0 Å². The van der Waals surface area contributed by atoms with Crippen molar-refractivity contribution >= 4 is 33.5 Å². The number of rotatable bonds is 4. The Morgan fingerprint density at radius 2 is 1.52 bits per heavy atom. The highest BCUT2D eigenvalue weighted by molar-refractivity contribution is 5.94. The van der Waals surface area contributed by atoms with Crippen molar-refractivity contribution in [1.29, 1.82) is 0 Å². The van der Waals surface area contributed by atoms with E-state index in [-0.39, 0.29) is 12.5 Å². The Kier molecular flexibility index (Phi) is 4.18. The number of hydrogen-bond acceptors (Lipinski definition) is 6. The minimum absolute atomic E-state index is 0.218. The lowest BCUT2D eigenvalue weighted by Crippen LogP contribution is -2.20. The number of anilines is 1. The van der Waals surface area contributed by atoms with Crippen molar-refractivity contribution in [2.24, 2.45) is 0 Å². The Hall–Kier alpha value is -3.87. The van der Waals surface area contributed by atoms with E-state index < -0.39 is 11.3 Å². The zero-order valence-electron chi connectivity index (χ0n) is 13.9. The van der Waals surface area contributed by atoms with Crippen LogP contribution in [0.2, 0.25) is 0 Å².